The van der Waals surface area contributed by atoms with Gasteiger partial charge in [0.05, 0.1) is 3.57 Å². The van der Waals surface area contributed by atoms with Gasteiger partial charge in [0.25, 0.3) is 5.56 Å². The standard InChI is InChI=1S/C11H18IN3O/c1-8(2)6-13-4-5-15-9(3)14-7-10(12)11(15)16/h7-8,13H,4-6H2,1-3H3. The molecule has 5 heteroatoms. The van der Waals surface area contributed by atoms with E-state index < -0.39 is 0 Å². The molecular weight excluding hydrogens is 317 g/mol. The van der Waals surface area contributed by atoms with Crippen LogP contribution >= 0.6 is 22.6 Å². The van der Waals surface area contributed by atoms with E-state index in [0.29, 0.717) is 16.0 Å². The van der Waals surface area contributed by atoms with E-state index in [1.54, 1.807) is 10.8 Å². The largest absolute Gasteiger partial charge is 0.315 e. The van der Waals surface area contributed by atoms with E-state index in [4.69, 9.17) is 0 Å². The molecule has 4 nitrogen and oxygen atoms in total. The molecule has 1 aromatic heterocycles. The van der Waals surface area contributed by atoms with Crippen LogP contribution in [0.4, 0.5) is 0 Å². The molecule has 16 heavy (non-hydrogen) atoms. The zero-order valence-corrected chi connectivity index (χ0v) is 12.1. The summed E-state index contributed by atoms with van der Waals surface area (Å²) in [5.41, 5.74) is 0.0550. The Labute approximate surface area is 110 Å². The van der Waals surface area contributed by atoms with Gasteiger partial charge in [-0.3, -0.25) is 9.36 Å². The lowest BCUT2D eigenvalue weighted by Crippen LogP contribution is -2.31. The van der Waals surface area contributed by atoms with E-state index in [-0.39, 0.29) is 5.56 Å². The number of hydrogen-bond donors (Lipinski definition) is 1. The van der Waals surface area contributed by atoms with Crippen LogP contribution in [0.25, 0.3) is 0 Å². The van der Waals surface area contributed by atoms with Gasteiger partial charge in [-0.2, -0.15) is 0 Å². The predicted octanol–water partition coefficient (Wildman–Crippen LogP) is 1.40. The van der Waals surface area contributed by atoms with Crippen molar-refractivity contribution in [2.45, 2.75) is 27.3 Å². The summed E-state index contributed by atoms with van der Waals surface area (Å²) in [6, 6.07) is 0. The van der Waals surface area contributed by atoms with Crippen LogP contribution in [0, 0.1) is 16.4 Å². The van der Waals surface area contributed by atoms with Gasteiger partial charge >= 0.3 is 0 Å². The van der Waals surface area contributed by atoms with Crippen LogP contribution in [-0.4, -0.2) is 22.6 Å². The first-order valence-electron chi connectivity index (χ1n) is 5.45. The van der Waals surface area contributed by atoms with Crippen molar-refractivity contribution in [1.29, 1.82) is 0 Å². The number of aromatic nitrogens is 2. The highest BCUT2D eigenvalue weighted by molar-refractivity contribution is 14.1. The summed E-state index contributed by atoms with van der Waals surface area (Å²) in [5.74, 6) is 1.41. The lowest BCUT2D eigenvalue weighted by molar-refractivity contribution is 0.511. The van der Waals surface area contributed by atoms with Crippen LogP contribution < -0.4 is 10.9 Å². The average Bonchev–Trinajstić information content (AvgIpc) is 2.22. The molecule has 0 spiro atoms. The monoisotopic (exact) mass is 335 g/mol. The Morgan fingerprint density at radius 1 is 1.56 bits per heavy atom. The SMILES string of the molecule is Cc1ncc(I)c(=O)n1CCNCC(C)C. The van der Waals surface area contributed by atoms with E-state index in [1.165, 1.54) is 0 Å². The first kappa shape index (κ1) is 13.6. The van der Waals surface area contributed by atoms with E-state index >= 15 is 0 Å². The smallest absolute Gasteiger partial charge is 0.266 e. The third-order valence-corrected chi connectivity index (χ3v) is 3.01. The third-order valence-electron chi connectivity index (χ3n) is 2.27. The van der Waals surface area contributed by atoms with Crippen molar-refractivity contribution in [3.8, 4) is 0 Å². The maximum Gasteiger partial charge on any atom is 0.266 e. The molecule has 1 N–H and O–H groups in total. The van der Waals surface area contributed by atoms with Crippen molar-refractivity contribution in [2.24, 2.45) is 5.92 Å². The van der Waals surface area contributed by atoms with E-state index in [0.717, 1.165) is 18.9 Å². The fraction of sp³-hybridized carbons (Fsp3) is 0.636. The van der Waals surface area contributed by atoms with E-state index in [9.17, 15) is 4.79 Å². The normalized spacial score (nSPS) is 11.1. The quantitative estimate of drug-likeness (QED) is 0.654. The Morgan fingerprint density at radius 2 is 2.25 bits per heavy atom. The number of aryl methyl sites for hydroxylation is 1. The van der Waals surface area contributed by atoms with Crippen LogP contribution in [0.2, 0.25) is 0 Å². The number of nitrogens with one attached hydrogen (secondary N) is 1. The molecule has 0 amide bonds. The Bertz CT molecular complexity index is 401. The molecule has 0 bridgehead atoms. The molecule has 0 saturated carbocycles. The summed E-state index contributed by atoms with van der Waals surface area (Å²) in [4.78, 5) is 16.0. The Hall–Kier alpha value is -0.430. The third kappa shape index (κ3) is 3.86. The molecule has 0 aliphatic carbocycles. The topological polar surface area (TPSA) is 46.9 Å². The first-order chi connectivity index (χ1) is 7.52. The minimum Gasteiger partial charge on any atom is -0.315 e. The fourth-order valence-electron chi connectivity index (χ4n) is 1.40. The molecule has 0 radical (unpaired) electrons. The minimum absolute atomic E-state index is 0.0550. The van der Waals surface area contributed by atoms with E-state index in [2.05, 4.69) is 24.1 Å². The molecular formula is C11H18IN3O. The van der Waals surface area contributed by atoms with Gasteiger partial charge in [-0.05, 0) is 42.0 Å². The molecule has 0 saturated heterocycles. The molecule has 0 aliphatic heterocycles. The van der Waals surface area contributed by atoms with Gasteiger partial charge in [0.1, 0.15) is 5.82 Å². The van der Waals surface area contributed by atoms with Crippen molar-refractivity contribution < 1.29 is 0 Å². The molecule has 0 atom stereocenters. The molecule has 1 rings (SSSR count). The fourth-order valence-corrected chi connectivity index (χ4v) is 1.83. The predicted molar refractivity (Wildman–Crippen MR) is 73.7 cm³/mol. The molecule has 1 heterocycles. The zero-order valence-electron chi connectivity index (χ0n) is 9.96. The van der Waals surface area contributed by atoms with Crippen LogP contribution in [0.5, 0.6) is 0 Å². The maximum absolute atomic E-state index is 11.8. The number of halogens is 1. The maximum atomic E-state index is 11.8. The molecule has 0 fully saturated rings. The van der Waals surface area contributed by atoms with Crippen molar-refractivity contribution >= 4 is 22.6 Å². The lowest BCUT2D eigenvalue weighted by atomic mass is 10.2. The molecule has 0 unspecified atom stereocenters. The summed E-state index contributed by atoms with van der Waals surface area (Å²) in [6.45, 7) is 8.65. The van der Waals surface area contributed by atoms with Crippen molar-refractivity contribution in [1.82, 2.24) is 14.9 Å². The van der Waals surface area contributed by atoms with Crippen LogP contribution in [0.15, 0.2) is 11.0 Å². The van der Waals surface area contributed by atoms with Crippen molar-refractivity contribution in [3.05, 3.63) is 25.9 Å². The number of nitrogens with zero attached hydrogens (tertiary/aromatic N) is 2. The van der Waals surface area contributed by atoms with Crippen LogP contribution in [0.1, 0.15) is 19.7 Å². The Balaban J connectivity index is 2.60. The average molecular weight is 335 g/mol. The van der Waals surface area contributed by atoms with Crippen LogP contribution in [-0.2, 0) is 6.54 Å². The van der Waals surface area contributed by atoms with Crippen molar-refractivity contribution in [2.75, 3.05) is 13.1 Å². The second-order valence-corrected chi connectivity index (χ2v) is 5.37. The van der Waals surface area contributed by atoms with Gasteiger partial charge in [-0.1, -0.05) is 13.8 Å². The second-order valence-electron chi connectivity index (χ2n) is 4.21. The van der Waals surface area contributed by atoms with Gasteiger partial charge in [-0.15, -0.1) is 0 Å². The zero-order chi connectivity index (χ0) is 12.1. The highest BCUT2D eigenvalue weighted by atomic mass is 127. The summed E-state index contributed by atoms with van der Waals surface area (Å²) >= 11 is 2.02. The molecule has 0 aliphatic rings. The van der Waals surface area contributed by atoms with Crippen LogP contribution in [0.3, 0.4) is 0 Å². The summed E-state index contributed by atoms with van der Waals surface area (Å²) in [6.07, 6.45) is 1.62. The summed E-state index contributed by atoms with van der Waals surface area (Å²) in [5, 5.41) is 3.32. The minimum atomic E-state index is 0.0550. The number of hydrogen-bond acceptors (Lipinski definition) is 3. The van der Waals surface area contributed by atoms with Gasteiger partial charge in [0, 0.05) is 19.3 Å². The highest BCUT2D eigenvalue weighted by Gasteiger charge is 2.04. The highest BCUT2D eigenvalue weighted by Crippen LogP contribution is 1.97. The Morgan fingerprint density at radius 3 is 2.88 bits per heavy atom. The molecule has 0 aromatic carbocycles. The molecule has 1 aromatic rings. The second kappa shape index (κ2) is 6.34. The first-order valence-corrected chi connectivity index (χ1v) is 6.53. The van der Waals surface area contributed by atoms with Gasteiger partial charge in [0.15, 0.2) is 0 Å². The van der Waals surface area contributed by atoms with Crippen molar-refractivity contribution in [3.63, 3.8) is 0 Å². The lowest BCUT2D eigenvalue weighted by Gasteiger charge is -2.11. The van der Waals surface area contributed by atoms with Gasteiger partial charge in [0.2, 0.25) is 0 Å². The van der Waals surface area contributed by atoms with Gasteiger partial charge < -0.3 is 5.32 Å². The molecule has 90 valence electrons. The number of rotatable bonds is 5. The van der Waals surface area contributed by atoms with Gasteiger partial charge in [-0.25, -0.2) is 4.98 Å². The Kier molecular flexibility index (Phi) is 5.40. The summed E-state index contributed by atoms with van der Waals surface area (Å²) < 4.78 is 2.39. The van der Waals surface area contributed by atoms with E-state index in [1.807, 2.05) is 29.5 Å². The summed E-state index contributed by atoms with van der Waals surface area (Å²) in [7, 11) is 0.